The van der Waals surface area contributed by atoms with E-state index in [0.717, 1.165) is 18.0 Å². The van der Waals surface area contributed by atoms with Gasteiger partial charge in [-0.15, -0.1) is 0 Å². The Kier molecular flexibility index (Phi) is 2.81. The number of allylic oxidation sites excluding steroid dienone is 1. The van der Waals surface area contributed by atoms with Gasteiger partial charge in [-0.05, 0) is 48.1 Å². The fourth-order valence-corrected chi connectivity index (χ4v) is 3.06. The van der Waals surface area contributed by atoms with Gasteiger partial charge in [0.2, 0.25) is 0 Å². The molecule has 0 aromatic carbocycles. The summed E-state index contributed by atoms with van der Waals surface area (Å²) in [5, 5.41) is 3.51. The SMILES string of the molecule is C=Cc1cncc(C2=CCCC3CNCC23)c1. The van der Waals surface area contributed by atoms with E-state index >= 15 is 0 Å². The summed E-state index contributed by atoms with van der Waals surface area (Å²) >= 11 is 0. The molecule has 2 aliphatic rings. The predicted octanol–water partition coefficient (Wildman–Crippen LogP) is 2.74. The topological polar surface area (TPSA) is 24.9 Å². The Balaban J connectivity index is 1.96. The molecule has 0 amide bonds. The summed E-state index contributed by atoms with van der Waals surface area (Å²) in [5.41, 5.74) is 3.87. The van der Waals surface area contributed by atoms with Crippen LogP contribution in [-0.2, 0) is 0 Å². The van der Waals surface area contributed by atoms with E-state index in [4.69, 9.17) is 0 Å². The molecule has 88 valence electrons. The molecule has 1 saturated heterocycles. The fourth-order valence-electron chi connectivity index (χ4n) is 3.06. The Bertz CT molecular complexity index is 462. The minimum Gasteiger partial charge on any atom is -0.316 e. The lowest BCUT2D eigenvalue weighted by Crippen LogP contribution is -2.17. The maximum atomic E-state index is 4.31. The van der Waals surface area contributed by atoms with Crippen LogP contribution in [0, 0.1) is 11.8 Å². The van der Waals surface area contributed by atoms with E-state index in [0.29, 0.717) is 5.92 Å². The van der Waals surface area contributed by atoms with Gasteiger partial charge in [-0.2, -0.15) is 0 Å². The van der Waals surface area contributed by atoms with Crippen molar-refractivity contribution in [3.8, 4) is 0 Å². The molecule has 17 heavy (non-hydrogen) atoms. The Morgan fingerprint density at radius 2 is 2.29 bits per heavy atom. The Labute approximate surface area is 102 Å². The van der Waals surface area contributed by atoms with Crippen molar-refractivity contribution in [2.24, 2.45) is 11.8 Å². The number of hydrogen-bond donors (Lipinski definition) is 1. The summed E-state index contributed by atoms with van der Waals surface area (Å²) in [5.74, 6) is 1.51. The molecule has 2 heteroatoms. The summed E-state index contributed by atoms with van der Waals surface area (Å²) in [4.78, 5) is 4.31. The minimum absolute atomic E-state index is 0.686. The van der Waals surface area contributed by atoms with Gasteiger partial charge in [-0.25, -0.2) is 0 Å². The normalized spacial score (nSPS) is 27.4. The zero-order valence-corrected chi connectivity index (χ0v) is 10.0. The fraction of sp³-hybridized carbons (Fsp3) is 0.400. The number of nitrogens with zero attached hydrogens (tertiary/aromatic N) is 1. The van der Waals surface area contributed by atoms with Gasteiger partial charge in [0.15, 0.2) is 0 Å². The number of nitrogens with one attached hydrogen (secondary N) is 1. The van der Waals surface area contributed by atoms with Gasteiger partial charge >= 0.3 is 0 Å². The highest BCUT2D eigenvalue weighted by molar-refractivity contribution is 5.70. The maximum Gasteiger partial charge on any atom is 0.0343 e. The smallest absolute Gasteiger partial charge is 0.0343 e. The van der Waals surface area contributed by atoms with Crippen LogP contribution >= 0.6 is 0 Å². The molecule has 3 rings (SSSR count). The van der Waals surface area contributed by atoms with Crippen LogP contribution in [-0.4, -0.2) is 18.1 Å². The third kappa shape index (κ3) is 1.93. The van der Waals surface area contributed by atoms with Crippen molar-refractivity contribution in [2.45, 2.75) is 12.8 Å². The number of fused-ring (bicyclic) bond motifs is 1. The summed E-state index contributed by atoms with van der Waals surface area (Å²) in [6.45, 7) is 6.11. The highest BCUT2D eigenvalue weighted by Gasteiger charge is 2.32. The van der Waals surface area contributed by atoms with Gasteiger partial charge < -0.3 is 5.32 Å². The van der Waals surface area contributed by atoms with Gasteiger partial charge in [0.05, 0.1) is 0 Å². The zero-order chi connectivity index (χ0) is 11.7. The molecule has 1 N–H and O–H groups in total. The first-order valence-corrected chi connectivity index (χ1v) is 6.37. The van der Waals surface area contributed by atoms with Gasteiger partial charge in [-0.3, -0.25) is 4.98 Å². The van der Waals surface area contributed by atoms with Crippen LogP contribution in [0.15, 0.2) is 31.1 Å². The molecule has 1 aromatic heterocycles. The Morgan fingerprint density at radius 3 is 3.18 bits per heavy atom. The van der Waals surface area contributed by atoms with Crippen molar-refractivity contribution in [1.82, 2.24) is 10.3 Å². The average Bonchev–Trinajstić information content (AvgIpc) is 2.87. The van der Waals surface area contributed by atoms with Crippen LogP contribution in [0.5, 0.6) is 0 Å². The standard InChI is InChI=1S/C15H18N2/c1-2-11-6-13(9-16-7-11)14-5-3-4-12-8-17-10-15(12)14/h2,5-7,9,12,15,17H,1,3-4,8,10H2. The summed E-state index contributed by atoms with van der Waals surface area (Å²) in [6, 6.07) is 2.20. The highest BCUT2D eigenvalue weighted by atomic mass is 14.9. The molecular weight excluding hydrogens is 208 g/mol. The van der Waals surface area contributed by atoms with Gasteiger partial charge in [-0.1, -0.05) is 18.7 Å². The van der Waals surface area contributed by atoms with Crippen LogP contribution in [0.3, 0.4) is 0 Å². The van der Waals surface area contributed by atoms with Crippen molar-refractivity contribution in [2.75, 3.05) is 13.1 Å². The lowest BCUT2D eigenvalue weighted by Gasteiger charge is -2.26. The maximum absolute atomic E-state index is 4.31. The second kappa shape index (κ2) is 4.46. The third-order valence-electron chi connectivity index (χ3n) is 3.97. The molecule has 0 spiro atoms. The van der Waals surface area contributed by atoms with Crippen LogP contribution in [0.1, 0.15) is 24.0 Å². The molecule has 0 saturated carbocycles. The molecule has 2 unspecified atom stereocenters. The van der Waals surface area contributed by atoms with Gasteiger partial charge in [0.25, 0.3) is 0 Å². The molecule has 2 atom stereocenters. The molecule has 1 aromatic rings. The van der Waals surface area contributed by atoms with Crippen molar-refractivity contribution in [3.05, 3.63) is 42.2 Å². The molecule has 0 bridgehead atoms. The molecule has 2 heterocycles. The highest BCUT2D eigenvalue weighted by Crippen LogP contribution is 2.38. The van der Waals surface area contributed by atoms with E-state index in [-0.39, 0.29) is 0 Å². The number of pyridine rings is 1. The van der Waals surface area contributed by atoms with E-state index in [1.54, 1.807) is 0 Å². The molecule has 1 aliphatic heterocycles. The Hall–Kier alpha value is -1.41. The van der Waals surface area contributed by atoms with E-state index in [1.165, 1.54) is 30.5 Å². The Morgan fingerprint density at radius 1 is 1.35 bits per heavy atom. The average molecular weight is 226 g/mol. The first-order chi connectivity index (χ1) is 8.38. The molecule has 2 nitrogen and oxygen atoms in total. The van der Waals surface area contributed by atoms with E-state index in [2.05, 4.69) is 29.0 Å². The minimum atomic E-state index is 0.686. The van der Waals surface area contributed by atoms with Crippen LogP contribution in [0.25, 0.3) is 11.6 Å². The lowest BCUT2D eigenvalue weighted by atomic mass is 9.78. The summed E-state index contributed by atoms with van der Waals surface area (Å²) in [7, 11) is 0. The summed E-state index contributed by atoms with van der Waals surface area (Å²) in [6.07, 6.45) is 10.7. The van der Waals surface area contributed by atoms with Crippen molar-refractivity contribution in [3.63, 3.8) is 0 Å². The van der Waals surface area contributed by atoms with Crippen molar-refractivity contribution in [1.29, 1.82) is 0 Å². The largest absolute Gasteiger partial charge is 0.316 e. The molecule has 1 fully saturated rings. The van der Waals surface area contributed by atoms with E-state index < -0.39 is 0 Å². The molecule has 1 aliphatic carbocycles. The molecule has 0 radical (unpaired) electrons. The quantitative estimate of drug-likeness (QED) is 0.838. The lowest BCUT2D eigenvalue weighted by molar-refractivity contribution is 0.454. The number of rotatable bonds is 2. The first kappa shape index (κ1) is 10.7. The van der Waals surface area contributed by atoms with Gasteiger partial charge in [0.1, 0.15) is 0 Å². The number of hydrogen-bond acceptors (Lipinski definition) is 2. The second-order valence-corrected chi connectivity index (χ2v) is 4.97. The summed E-state index contributed by atoms with van der Waals surface area (Å²) < 4.78 is 0. The van der Waals surface area contributed by atoms with Crippen molar-refractivity contribution < 1.29 is 0 Å². The molecular formula is C15H18N2. The zero-order valence-electron chi connectivity index (χ0n) is 10.0. The first-order valence-electron chi connectivity index (χ1n) is 6.37. The van der Waals surface area contributed by atoms with Crippen LogP contribution in [0.2, 0.25) is 0 Å². The number of aromatic nitrogens is 1. The third-order valence-corrected chi connectivity index (χ3v) is 3.97. The second-order valence-electron chi connectivity index (χ2n) is 4.97. The predicted molar refractivity (Wildman–Crippen MR) is 71.4 cm³/mol. The van der Waals surface area contributed by atoms with Crippen LogP contribution < -0.4 is 5.32 Å². The van der Waals surface area contributed by atoms with Gasteiger partial charge in [0, 0.05) is 24.9 Å². The van der Waals surface area contributed by atoms with E-state index in [1.807, 2.05) is 18.5 Å². The van der Waals surface area contributed by atoms with E-state index in [9.17, 15) is 0 Å². The van der Waals surface area contributed by atoms with Crippen LogP contribution in [0.4, 0.5) is 0 Å². The van der Waals surface area contributed by atoms with Crippen molar-refractivity contribution >= 4 is 11.6 Å². The monoisotopic (exact) mass is 226 g/mol.